The van der Waals surface area contributed by atoms with Gasteiger partial charge in [0.05, 0.1) is 13.2 Å². The van der Waals surface area contributed by atoms with Gasteiger partial charge in [0.1, 0.15) is 0 Å². The van der Waals surface area contributed by atoms with Gasteiger partial charge in [-0.3, -0.25) is 0 Å². The number of guanidine groups is 1. The van der Waals surface area contributed by atoms with Crippen molar-refractivity contribution in [2.75, 3.05) is 38.7 Å². The van der Waals surface area contributed by atoms with Gasteiger partial charge in [0, 0.05) is 32.4 Å². The van der Waals surface area contributed by atoms with Crippen molar-refractivity contribution in [3.8, 4) is 0 Å². The Labute approximate surface area is 156 Å². The lowest BCUT2D eigenvalue weighted by Crippen LogP contribution is -2.38. The maximum atomic E-state index is 5.04. The lowest BCUT2D eigenvalue weighted by atomic mass is 10.1. The molecule has 0 aliphatic heterocycles. The molecule has 0 saturated heterocycles. The van der Waals surface area contributed by atoms with Gasteiger partial charge in [0.2, 0.25) is 0 Å². The van der Waals surface area contributed by atoms with Gasteiger partial charge in [-0.1, -0.05) is 42.5 Å². The Hall–Kier alpha value is -2.53. The van der Waals surface area contributed by atoms with Crippen molar-refractivity contribution in [3.05, 3.63) is 65.7 Å². The minimum absolute atomic E-state index is 0.652. The van der Waals surface area contributed by atoms with E-state index >= 15 is 0 Å². The number of rotatable bonds is 10. The van der Waals surface area contributed by atoms with Crippen LogP contribution < -0.4 is 16.0 Å². The SMILES string of the molecule is CCNC(=NCc1ccc(NCCOC)cc1)NCCc1ccccc1. The first kappa shape index (κ1) is 19.8. The first-order chi connectivity index (χ1) is 12.8. The summed E-state index contributed by atoms with van der Waals surface area (Å²) in [5.74, 6) is 0.853. The molecule has 5 heteroatoms. The normalized spacial score (nSPS) is 11.2. The molecule has 0 unspecified atom stereocenters. The number of hydrogen-bond acceptors (Lipinski definition) is 3. The van der Waals surface area contributed by atoms with E-state index in [1.54, 1.807) is 7.11 Å². The Kier molecular flexibility index (Phi) is 9.08. The standard InChI is InChI=1S/C21H30N4O/c1-3-22-21(24-14-13-18-7-5-4-6-8-18)25-17-19-9-11-20(12-10-19)23-15-16-26-2/h4-12,23H,3,13-17H2,1-2H3,(H2,22,24,25). The first-order valence-electron chi connectivity index (χ1n) is 9.19. The van der Waals surface area contributed by atoms with Crippen molar-refractivity contribution >= 4 is 11.6 Å². The van der Waals surface area contributed by atoms with Gasteiger partial charge < -0.3 is 20.7 Å². The molecular formula is C21H30N4O. The Morgan fingerprint density at radius 1 is 0.923 bits per heavy atom. The summed E-state index contributed by atoms with van der Waals surface area (Å²) in [5.41, 5.74) is 3.61. The molecule has 0 atom stereocenters. The number of aliphatic imine (C=N–C) groups is 1. The largest absolute Gasteiger partial charge is 0.383 e. The molecule has 0 aromatic heterocycles. The van der Waals surface area contributed by atoms with Crippen LogP contribution in [0.25, 0.3) is 0 Å². The Bertz CT molecular complexity index is 641. The van der Waals surface area contributed by atoms with Crippen LogP contribution in [0, 0.1) is 0 Å². The third kappa shape index (κ3) is 7.57. The molecule has 2 aromatic carbocycles. The number of hydrogen-bond donors (Lipinski definition) is 3. The number of benzene rings is 2. The van der Waals surface area contributed by atoms with E-state index in [1.165, 1.54) is 11.1 Å². The summed E-state index contributed by atoms with van der Waals surface area (Å²) in [5, 5.41) is 10.0. The Morgan fingerprint density at radius 3 is 2.38 bits per heavy atom. The quantitative estimate of drug-likeness (QED) is 0.349. The average molecular weight is 354 g/mol. The van der Waals surface area contributed by atoms with Crippen LogP contribution in [0.4, 0.5) is 5.69 Å². The van der Waals surface area contributed by atoms with Crippen LogP contribution in [0.15, 0.2) is 59.6 Å². The van der Waals surface area contributed by atoms with E-state index in [2.05, 4.69) is 76.4 Å². The van der Waals surface area contributed by atoms with Crippen LogP contribution in [0.2, 0.25) is 0 Å². The van der Waals surface area contributed by atoms with Crippen molar-refractivity contribution in [1.82, 2.24) is 10.6 Å². The molecule has 2 aromatic rings. The highest BCUT2D eigenvalue weighted by molar-refractivity contribution is 5.79. The van der Waals surface area contributed by atoms with Crippen molar-refractivity contribution < 1.29 is 4.74 Å². The molecule has 5 nitrogen and oxygen atoms in total. The molecule has 0 aliphatic carbocycles. The van der Waals surface area contributed by atoms with Crippen molar-refractivity contribution in [3.63, 3.8) is 0 Å². The maximum Gasteiger partial charge on any atom is 0.191 e. The summed E-state index contributed by atoms with van der Waals surface area (Å²) in [6.07, 6.45) is 0.979. The van der Waals surface area contributed by atoms with Crippen LogP contribution in [-0.2, 0) is 17.7 Å². The minimum atomic E-state index is 0.652. The molecule has 140 valence electrons. The van der Waals surface area contributed by atoms with E-state index in [9.17, 15) is 0 Å². The van der Waals surface area contributed by atoms with Crippen LogP contribution in [0.5, 0.6) is 0 Å². The lowest BCUT2D eigenvalue weighted by molar-refractivity contribution is 0.211. The summed E-state index contributed by atoms with van der Waals surface area (Å²) >= 11 is 0. The average Bonchev–Trinajstić information content (AvgIpc) is 2.68. The van der Waals surface area contributed by atoms with Crippen LogP contribution in [-0.4, -0.2) is 39.3 Å². The van der Waals surface area contributed by atoms with Gasteiger partial charge in [0.15, 0.2) is 5.96 Å². The van der Waals surface area contributed by atoms with Crippen LogP contribution in [0.3, 0.4) is 0 Å². The molecule has 3 N–H and O–H groups in total. The zero-order valence-electron chi connectivity index (χ0n) is 15.8. The second-order valence-corrected chi connectivity index (χ2v) is 5.97. The first-order valence-corrected chi connectivity index (χ1v) is 9.19. The van der Waals surface area contributed by atoms with Crippen molar-refractivity contribution in [2.45, 2.75) is 19.9 Å². The predicted octanol–water partition coefficient (Wildman–Crippen LogP) is 3.04. The second-order valence-electron chi connectivity index (χ2n) is 5.97. The number of methoxy groups -OCH3 is 1. The van der Waals surface area contributed by atoms with E-state index in [-0.39, 0.29) is 0 Å². The summed E-state index contributed by atoms with van der Waals surface area (Å²) in [6, 6.07) is 18.8. The monoisotopic (exact) mass is 354 g/mol. The fourth-order valence-electron chi connectivity index (χ4n) is 2.51. The zero-order valence-corrected chi connectivity index (χ0v) is 15.8. The van der Waals surface area contributed by atoms with Gasteiger partial charge in [0.25, 0.3) is 0 Å². The summed E-state index contributed by atoms with van der Waals surface area (Å²) in [7, 11) is 1.71. The smallest absolute Gasteiger partial charge is 0.191 e. The van der Waals surface area contributed by atoms with Gasteiger partial charge in [-0.15, -0.1) is 0 Å². The number of nitrogens with one attached hydrogen (secondary N) is 3. The second kappa shape index (κ2) is 11.9. The molecule has 0 amide bonds. The Balaban J connectivity index is 1.81. The van der Waals surface area contributed by atoms with Gasteiger partial charge in [-0.05, 0) is 36.6 Å². The van der Waals surface area contributed by atoms with E-state index in [0.29, 0.717) is 13.2 Å². The van der Waals surface area contributed by atoms with E-state index in [0.717, 1.165) is 37.7 Å². The van der Waals surface area contributed by atoms with Crippen LogP contribution in [0.1, 0.15) is 18.1 Å². The number of anilines is 1. The highest BCUT2D eigenvalue weighted by atomic mass is 16.5. The molecule has 0 saturated carbocycles. The molecule has 2 rings (SSSR count). The van der Waals surface area contributed by atoms with E-state index < -0.39 is 0 Å². The van der Waals surface area contributed by atoms with Crippen molar-refractivity contribution in [1.29, 1.82) is 0 Å². The number of nitrogens with zero attached hydrogens (tertiary/aromatic N) is 1. The van der Waals surface area contributed by atoms with Gasteiger partial charge in [-0.25, -0.2) is 4.99 Å². The highest BCUT2D eigenvalue weighted by Gasteiger charge is 1.99. The Morgan fingerprint density at radius 2 is 1.69 bits per heavy atom. The van der Waals surface area contributed by atoms with Crippen molar-refractivity contribution in [2.24, 2.45) is 4.99 Å². The highest BCUT2D eigenvalue weighted by Crippen LogP contribution is 2.10. The third-order valence-electron chi connectivity index (χ3n) is 3.90. The molecule has 26 heavy (non-hydrogen) atoms. The molecule has 0 bridgehead atoms. The predicted molar refractivity (Wildman–Crippen MR) is 110 cm³/mol. The molecule has 0 spiro atoms. The lowest BCUT2D eigenvalue weighted by Gasteiger charge is -2.11. The summed E-state index contributed by atoms with van der Waals surface area (Å²) in [4.78, 5) is 4.67. The topological polar surface area (TPSA) is 57.7 Å². The maximum absolute atomic E-state index is 5.04. The summed E-state index contributed by atoms with van der Waals surface area (Å²) < 4.78 is 5.04. The fourth-order valence-corrected chi connectivity index (χ4v) is 2.51. The fraction of sp³-hybridized carbons (Fsp3) is 0.381. The van der Waals surface area contributed by atoms with E-state index in [4.69, 9.17) is 4.74 Å². The zero-order chi connectivity index (χ0) is 18.5. The molecule has 0 fully saturated rings. The van der Waals surface area contributed by atoms with E-state index in [1.807, 2.05) is 6.07 Å². The molecule has 0 radical (unpaired) electrons. The molecule has 0 heterocycles. The van der Waals surface area contributed by atoms with Crippen LogP contribution >= 0.6 is 0 Å². The summed E-state index contributed by atoms with van der Waals surface area (Å²) in [6.45, 7) is 5.95. The minimum Gasteiger partial charge on any atom is -0.383 e. The molecule has 0 aliphatic rings. The number of ether oxygens (including phenoxy) is 1. The van der Waals surface area contributed by atoms with Gasteiger partial charge in [-0.2, -0.15) is 0 Å². The van der Waals surface area contributed by atoms with Gasteiger partial charge >= 0.3 is 0 Å². The molecular weight excluding hydrogens is 324 g/mol. The third-order valence-corrected chi connectivity index (χ3v) is 3.90.